The Morgan fingerprint density at radius 1 is 0.574 bits per heavy atom. The molecule has 3 heteroatoms. The SMILES string of the molecule is CCCc1ccc(C(C)C)cc1-c1ccc(OC(=O)c2ccc(-c3ccc(N(c4ccc5ccccc5c4)c4cccc5ccccc45)cc3)cc2)cc1. The molecule has 264 valence electrons. The third-order valence-corrected chi connectivity index (χ3v) is 10.3. The molecule has 54 heavy (non-hydrogen) atoms. The molecule has 0 N–H and O–H groups in total. The second-order valence-electron chi connectivity index (χ2n) is 14.2. The van der Waals surface area contributed by atoms with Crippen molar-refractivity contribution in [3.05, 3.63) is 193 Å². The number of hydrogen-bond donors (Lipinski definition) is 0. The Bertz CT molecular complexity index is 2560. The molecule has 0 unspecified atom stereocenters. The third-order valence-electron chi connectivity index (χ3n) is 10.3. The van der Waals surface area contributed by atoms with Crippen LogP contribution in [0.15, 0.2) is 176 Å². The van der Waals surface area contributed by atoms with Gasteiger partial charge in [0.05, 0.1) is 11.3 Å². The summed E-state index contributed by atoms with van der Waals surface area (Å²) in [6.07, 6.45) is 2.11. The summed E-state index contributed by atoms with van der Waals surface area (Å²) in [6, 6.07) is 61.1. The monoisotopic (exact) mass is 701 g/mol. The highest BCUT2D eigenvalue weighted by atomic mass is 16.5. The van der Waals surface area contributed by atoms with Crippen molar-refractivity contribution in [2.75, 3.05) is 4.90 Å². The minimum atomic E-state index is -0.376. The van der Waals surface area contributed by atoms with Gasteiger partial charge in [0.15, 0.2) is 0 Å². The van der Waals surface area contributed by atoms with E-state index in [1.807, 2.05) is 36.4 Å². The summed E-state index contributed by atoms with van der Waals surface area (Å²) in [5.74, 6) is 0.611. The number of anilines is 3. The molecular weight excluding hydrogens is 659 g/mol. The smallest absolute Gasteiger partial charge is 0.343 e. The highest BCUT2D eigenvalue weighted by Crippen LogP contribution is 2.40. The summed E-state index contributed by atoms with van der Waals surface area (Å²) in [7, 11) is 0. The molecular formula is C51H43NO2. The molecule has 0 aliphatic rings. The number of ether oxygens (including phenoxy) is 1. The molecule has 8 rings (SSSR count). The minimum Gasteiger partial charge on any atom is -0.423 e. The van der Waals surface area contributed by atoms with E-state index in [9.17, 15) is 4.79 Å². The average molecular weight is 702 g/mol. The van der Waals surface area contributed by atoms with Crippen molar-refractivity contribution < 1.29 is 9.53 Å². The molecule has 8 aromatic rings. The van der Waals surface area contributed by atoms with Gasteiger partial charge < -0.3 is 9.64 Å². The van der Waals surface area contributed by atoms with E-state index in [4.69, 9.17) is 4.74 Å². The lowest BCUT2D eigenvalue weighted by Gasteiger charge is -2.27. The van der Waals surface area contributed by atoms with Crippen molar-refractivity contribution in [3.63, 3.8) is 0 Å². The molecule has 3 nitrogen and oxygen atoms in total. The predicted molar refractivity (Wildman–Crippen MR) is 226 cm³/mol. The van der Waals surface area contributed by atoms with Crippen LogP contribution in [-0.2, 0) is 6.42 Å². The normalized spacial score (nSPS) is 11.3. The Balaban J connectivity index is 1.02. The standard InChI is InChI=1S/C51H43NO2/c1-4-10-39-19-22-43(35(2)3)34-49(39)41-26-31-47(32-27-41)54-51(53)42-20-17-37(18-21-42)38-23-28-45(29-24-38)52(46-30-25-36-11-5-6-13-44(36)33-46)50-16-9-14-40-12-7-8-15-48(40)50/h5-9,11-35H,4,10H2,1-3H3. The van der Waals surface area contributed by atoms with E-state index >= 15 is 0 Å². The van der Waals surface area contributed by atoms with Gasteiger partial charge in [-0.2, -0.15) is 0 Å². The molecule has 0 saturated heterocycles. The maximum Gasteiger partial charge on any atom is 0.343 e. The van der Waals surface area contributed by atoms with E-state index in [-0.39, 0.29) is 5.97 Å². The van der Waals surface area contributed by atoms with E-state index in [0.717, 1.165) is 46.6 Å². The molecule has 0 aliphatic heterocycles. The zero-order chi connectivity index (χ0) is 37.0. The maximum absolute atomic E-state index is 13.2. The van der Waals surface area contributed by atoms with Gasteiger partial charge in [0.2, 0.25) is 0 Å². The van der Waals surface area contributed by atoms with Crippen molar-refractivity contribution in [2.45, 2.75) is 39.5 Å². The van der Waals surface area contributed by atoms with Crippen LogP contribution in [0.25, 0.3) is 43.8 Å². The van der Waals surface area contributed by atoms with Gasteiger partial charge >= 0.3 is 5.97 Å². The summed E-state index contributed by atoms with van der Waals surface area (Å²) in [5.41, 5.74) is 10.9. The summed E-state index contributed by atoms with van der Waals surface area (Å²) in [5, 5.41) is 4.79. The zero-order valence-corrected chi connectivity index (χ0v) is 31.0. The molecule has 0 radical (unpaired) electrons. The average Bonchev–Trinajstić information content (AvgIpc) is 3.22. The van der Waals surface area contributed by atoms with Crippen LogP contribution >= 0.6 is 0 Å². The topological polar surface area (TPSA) is 29.5 Å². The number of carbonyl (C=O) groups is 1. The number of benzene rings is 8. The van der Waals surface area contributed by atoms with Crippen LogP contribution in [0.4, 0.5) is 17.1 Å². The van der Waals surface area contributed by atoms with Crippen LogP contribution in [0.1, 0.15) is 54.6 Å². The Kier molecular flexibility index (Phi) is 9.79. The number of nitrogens with zero attached hydrogens (tertiary/aromatic N) is 1. The fraction of sp³-hybridized carbons (Fsp3) is 0.118. The molecule has 0 amide bonds. The molecule has 0 saturated carbocycles. The Hall–Kier alpha value is -6.45. The van der Waals surface area contributed by atoms with Gasteiger partial charge in [0.1, 0.15) is 5.75 Å². The lowest BCUT2D eigenvalue weighted by molar-refractivity contribution is 0.0735. The highest BCUT2D eigenvalue weighted by Gasteiger charge is 2.17. The first-order chi connectivity index (χ1) is 26.4. The van der Waals surface area contributed by atoms with Crippen molar-refractivity contribution in [3.8, 4) is 28.0 Å². The summed E-state index contributed by atoms with van der Waals surface area (Å²) >= 11 is 0. The lowest BCUT2D eigenvalue weighted by atomic mass is 9.91. The maximum atomic E-state index is 13.2. The van der Waals surface area contributed by atoms with Crippen molar-refractivity contribution in [1.29, 1.82) is 0 Å². The molecule has 0 spiro atoms. The van der Waals surface area contributed by atoms with Crippen LogP contribution in [-0.4, -0.2) is 5.97 Å². The number of hydrogen-bond acceptors (Lipinski definition) is 3. The van der Waals surface area contributed by atoms with E-state index < -0.39 is 0 Å². The Morgan fingerprint density at radius 2 is 1.20 bits per heavy atom. The number of carbonyl (C=O) groups excluding carboxylic acids is 1. The van der Waals surface area contributed by atoms with Crippen molar-refractivity contribution in [2.24, 2.45) is 0 Å². The first kappa shape index (κ1) is 34.6. The number of fused-ring (bicyclic) bond motifs is 2. The van der Waals surface area contributed by atoms with Gasteiger partial charge in [-0.1, -0.05) is 149 Å². The second kappa shape index (κ2) is 15.3. The summed E-state index contributed by atoms with van der Waals surface area (Å²) in [4.78, 5) is 15.5. The lowest BCUT2D eigenvalue weighted by Crippen LogP contribution is -2.10. The van der Waals surface area contributed by atoms with Crippen molar-refractivity contribution >= 4 is 44.6 Å². The number of aryl methyl sites for hydroxylation is 1. The quantitative estimate of drug-likeness (QED) is 0.105. The van der Waals surface area contributed by atoms with E-state index in [2.05, 4.69) is 165 Å². The van der Waals surface area contributed by atoms with E-state index in [1.54, 1.807) is 0 Å². The molecule has 0 heterocycles. The number of esters is 1. The van der Waals surface area contributed by atoms with Gasteiger partial charge in [-0.15, -0.1) is 0 Å². The largest absolute Gasteiger partial charge is 0.423 e. The second-order valence-corrected chi connectivity index (χ2v) is 14.2. The van der Waals surface area contributed by atoms with E-state index in [0.29, 0.717) is 17.2 Å². The van der Waals surface area contributed by atoms with Crippen molar-refractivity contribution in [1.82, 2.24) is 0 Å². The van der Waals surface area contributed by atoms with Gasteiger partial charge in [-0.25, -0.2) is 4.79 Å². The van der Waals surface area contributed by atoms with Crippen LogP contribution < -0.4 is 9.64 Å². The molecule has 0 atom stereocenters. The number of rotatable bonds is 10. The van der Waals surface area contributed by atoms with Gasteiger partial charge in [-0.05, 0) is 116 Å². The summed E-state index contributed by atoms with van der Waals surface area (Å²) < 4.78 is 5.82. The van der Waals surface area contributed by atoms with Gasteiger partial charge in [-0.3, -0.25) is 0 Å². The zero-order valence-electron chi connectivity index (χ0n) is 31.0. The Morgan fingerprint density at radius 3 is 1.93 bits per heavy atom. The molecule has 0 bridgehead atoms. The molecule has 8 aromatic carbocycles. The van der Waals surface area contributed by atoms with Crippen LogP contribution in [0.2, 0.25) is 0 Å². The third kappa shape index (κ3) is 7.14. The first-order valence-corrected chi connectivity index (χ1v) is 18.9. The van der Waals surface area contributed by atoms with Crippen LogP contribution in [0.3, 0.4) is 0 Å². The summed E-state index contributed by atoms with van der Waals surface area (Å²) in [6.45, 7) is 6.65. The molecule has 0 fully saturated rings. The van der Waals surface area contributed by atoms with E-state index in [1.165, 1.54) is 38.2 Å². The van der Waals surface area contributed by atoms with Crippen LogP contribution in [0, 0.1) is 0 Å². The minimum absolute atomic E-state index is 0.376. The molecule has 0 aliphatic carbocycles. The fourth-order valence-electron chi connectivity index (χ4n) is 7.33. The Labute approximate surface area is 318 Å². The van der Waals surface area contributed by atoms with Gasteiger partial charge in [0, 0.05) is 16.8 Å². The van der Waals surface area contributed by atoms with Crippen LogP contribution in [0.5, 0.6) is 5.75 Å². The fourth-order valence-corrected chi connectivity index (χ4v) is 7.33. The first-order valence-electron chi connectivity index (χ1n) is 18.9. The van der Waals surface area contributed by atoms with Gasteiger partial charge in [0.25, 0.3) is 0 Å². The molecule has 0 aromatic heterocycles. The predicted octanol–water partition coefficient (Wildman–Crippen LogP) is 14.1. The highest BCUT2D eigenvalue weighted by molar-refractivity contribution is 6.00.